The molecule has 0 aliphatic rings. The molecule has 0 aromatic carbocycles. The zero-order chi connectivity index (χ0) is 32.9. The maximum Gasteiger partial charge on any atom is 0.472 e. The van der Waals surface area contributed by atoms with Gasteiger partial charge in [0, 0.05) is 12.8 Å². The first-order chi connectivity index (χ1) is 21.1. The van der Waals surface area contributed by atoms with Crippen LogP contribution in [0.5, 0.6) is 0 Å². The molecule has 0 aromatic rings. The van der Waals surface area contributed by atoms with Gasteiger partial charge >= 0.3 is 25.7 Å². The van der Waals surface area contributed by atoms with E-state index in [2.05, 4.69) is 42.7 Å². The number of carboxylic acid groups (broad SMARTS) is 1. The van der Waals surface area contributed by atoms with E-state index in [0.29, 0.717) is 12.8 Å². The lowest BCUT2D eigenvalue weighted by Gasteiger charge is -2.20. The number of hydrogen-bond acceptors (Lipinski definition) is 9. The largest absolute Gasteiger partial charge is 0.480 e. The van der Waals surface area contributed by atoms with Crippen LogP contribution in [0.4, 0.5) is 0 Å². The lowest BCUT2D eigenvalue weighted by atomic mass is 10.1. The number of carboxylic acids is 1. The summed E-state index contributed by atoms with van der Waals surface area (Å²) in [6.07, 6.45) is 24.2. The van der Waals surface area contributed by atoms with Crippen molar-refractivity contribution in [3.05, 3.63) is 24.3 Å². The van der Waals surface area contributed by atoms with Gasteiger partial charge in [-0.3, -0.25) is 23.4 Å². The van der Waals surface area contributed by atoms with Crippen molar-refractivity contribution in [3.63, 3.8) is 0 Å². The minimum Gasteiger partial charge on any atom is -0.480 e. The van der Waals surface area contributed by atoms with Gasteiger partial charge in [-0.2, -0.15) is 0 Å². The molecule has 0 saturated carbocycles. The van der Waals surface area contributed by atoms with Crippen molar-refractivity contribution in [1.29, 1.82) is 0 Å². The molecule has 0 amide bonds. The van der Waals surface area contributed by atoms with Gasteiger partial charge in [-0.25, -0.2) is 4.57 Å². The van der Waals surface area contributed by atoms with Crippen LogP contribution in [0.15, 0.2) is 24.3 Å². The fourth-order valence-corrected chi connectivity index (χ4v) is 4.79. The normalized spacial score (nSPS) is 14.5. The molecular formula is C32H58NO10P. The van der Waals surface area contributed by atoms with Crippen LogP contribution >= 0.6 is 7.82 Å². The van der Waals surface area contributed by atoms with Gasteiger partial charge in [0.1, 0.15) is 12.6 Å². The minimum atomic E-state index is -4.70. The van der Waals surface area contributed by atoms with E-state index in [1.165, 1.54) is 0 Å². The number of rotatable bonds is 30. The summed E-state index contributed by atoms with van der Waals surface area (Å²) in [5, 5.41) is 8.81. The number of phosphoric acid groups is 1. The van der Waals surface area contributed by atoms with Crippen LogP contribution in [-0.4, -0.2) is 59.9 Å². The van der Waals surface area contributed by atoms with Crippen molar-refractivity contribution in [2.75, 3.05) is 19.8 Å². The van der Waals surface area contributed by atoms with E-state index in [9.17, 15) is 23.8 Å². The average Bonchev–Trinajstić information content (AvgIpc) is 2.99. The van der Waals surface area contributed by atoms with Crippen LogP contribution in [0.25, 0.3) is 0 Å². The number of carbonyl (C=O) groups is 3. The molecule has 0 heterocycles. The second-order valence-electron chi connectivity index (χ2n) is 10.9. The molecule has 0 saturated heterocycles. The molecule has 0 aromatic heterocycles. The third kappa shape index (κ3) is 27.5. The van der Waals surface area contributed by atoms with Crippen molar-refractivity contribution >= 4 is 25.7 Å². The van der Waals surface area contributed by atoms with Crippen molar-refractivity contribution in [1.82, 2.24) is 0 Å². The summed E-state index contributed by atoms with van der Waals surface area (Å²) in [4.78, 5) is 45.4. The lowest BCUT2D eigenvalue weighted by molar-refractivity contribution is -0.161. The summed E-state index contributed by atoms with van der Waals surface area (Å²) in [7, 11) is -4.70. The number of carbonyl (C=O) groups excluding carboxylic acids is 2. The molecule has 3 unspecified atom stereocenters. The summed E-state index contributed by atoms with van der Waals surface area (Å²) in [6, 6.07) is -1.52. The Kier molecular flexibility index (Phi) is 27.1. The first-order valence-corrected chi connectivity index (χ1v) is 17.9. The highest BCUT2D eigenvalue weighted by Crippen LogP contribution is 2.43. The summed E-state index contributed by atoms with van der Waals surface area (Å²) < 4.78 is 32.3. The predicted octanol–water partition coefficient (Wildman–Crippen LogP) is 7.16. The van der Waals surface area contributed by atoms with Crippen LogP contribution in [0.3, 0.4) is 0 Å². The maximum absolute atomic E-state index is 12.4. The second-order valence-corrected chi connectivity index (χ2v) is 12.4. The number of hydrogen-bond donors (Lipinski definition) is 3. The Morgan fingerprint density at radius 3 is 1.66 bits per heavy atom. The van der Waals surface area contributed by atoms with E-state index in [1.54, 1.807) is 0 Å². The molecule has 0 bridgehead atoms. The van der Waals surface area contributed by atoms with E-state index < -0.39 is 51.1 Å². The van der Waals surface area contributed by atoms with E-state index >= 15 is 0 Å². The first-order valence-electron chi connectivity index (χ1n) is 16.4. The van der Waals surface area contributed by atoms with Gasteiger partial charge in [-0.05, 0) is 51.4 Å². The number of allylic oxidation sites excluding steroid dienone is 4. The van der Waals surface area contributed by atoms with Crippen LogP contribution in [0.1, 0.15) is 129 Å². The van der Waals surface area contributed by atoms with E-state index in [0.717, 1.165) is 89.9 Å². The zero-order valence-corrected chi connectivity index (χ0v) is 27.9. The summed E-state index contributed by atoms with van der Waals surface area (Å²) in [6.45, 7) is 2.60. The van der Waals surface area contributed by atoms with Gasteiger partial charge < -0.3 is 25.2 Å². The van der Waals surface area contributed by atoms with Crippen molar-refractivity contribution < 1.29 is 47.5 Å². The SMILES string of the molecule is CCC/C=C\CCCCCCCC(=O)OCC(COP(=O)(O)OCC(N)C(=O)O)OC(=O)CCCCCCC/C=C\CCC. The van der Waals surface area contributed by atoms with Gasteiger partial charge in [-0.1, -0.05) is 89.5 Å². The molecule has 3 atom stereocenters. The summed E-state index contributed by atoms with van der Waals surface area (Å²) >= 11 is 0. The topological polar surface area (TPSA) is 172 Å². The summed E-state index contributed by atoms with van der Waals surface area (Å²) in [5.74, 6) is -2.41. The highest BCUT2D eigenvalue weighted by atomic mass is 31.2. The molecule has 0 spiro atoms. The molecule has 44 heavy (non-hydrogen) atoms. The fraction of sp³-hybridized carbons (Fsp3) is 0.781. The van der Waals surface area contributed by atoms with E-state index in [4.69, 9.17) is 24.8 Å². The zero-order valence-electron chi connectivity index (χ0n) is 27.0. The van der Waals surface area contributed by atoms with Gasteiger partial charge in [0.05, 0.1) is 13.2 Å². The third-order valence-electron chi connectivity index (χ3n) is 6.63. The highest BCUT2D eigenvalue weighted by molar-refractivity contribution is 7.47. The Balaban J connectivity index is 4.56. The molecule has 12 heteroatoms. The number of ether oxygens (including phenoxy) is 2. The average molecular weight is 648 g/mol. The fourth-order valence-electron chi connectivity index (χ4n) is 4.01. The molecule has 0 aliphatic carbocycles. The molecule has 0 aliphatic heterocycles. The van der Waals surface area contributed by atoms with Crippen LogP contribution in [-0.2, 0) is 37.5 Å². The van der Waals surface area contributed by atoms with Gasteiger partial charge in [-0.15, -0.1) is 0 Å². The highest BCUT2D eigenvalue weighted by Gasteiger charge is 2.28. The molecule has 256 valence electrons. The Labute approximate surface area is 264 Å². The Morgan fingerprint density at radius 2 is 1.14 bits per heavy atom. The molecule has 0 rings (SSSR count). The predicted molar refractivity (Wildman–Crippen MR) is 171 cm³/mol. The monoisotopic (exact) mass is 647 g/mol. The first kappa shape index (κ1) is 42.0. The number of unbranched alkanes of at least 4 members (excludes halogenated alkanes) is 12. The van der Waals surface area contributed by atoms with Gasteiger partial charge in [0.25, 0.3) is 0 Å². The molecule has 0 fully saturated rings. The van der Waals surface area contributed by atoms with Crippen LogP contribution in [0.2, 0.25) is 0 Å². The standard InChI is InChI=1S/C32H58NO10P/c1-3-5-7-9-11-13-15-17-19-21-23-30(34)40-25-28(26-41-44(38,39)42-27-29(33)32(36)37)43-31(35)24-22-20-18-16-14-12-10-8-6-4-2/h7-10,28-29H,3-6,11-27,33H2,1-2H3,(H,36,37)(H,38,39)/b9-7-,10-8-. The quantitative estimate of drug-likeness (QED) is 0.0312. The molecular weight excluding hydrogens is 589 g/mol. The van der Waals surface area contributed by atoms with Gasteiger partial charge in [0.2, 0.25) is 0 Å². The molecule has 11 nitrogen and oxygen atoms in total. The molecule has 4 N–H and O–H groups in total. The number of esters is 2. The van der Waals surface area contributed by atoms with Gasteiger partial charge in [0.15, 0.2) is 6.10 Å². The number of phosphoric ester groups is 1. The van der Waals surface area contributed by atoms with E-state index in [-0.39, 0.29) is 19.4 Å². The van der Waals surface area contributed by atoms with Crippen molar-refractivity contribution in [2.24, 2.45) is 5.73 Å². The number of aliphatic carboxylic acids is 1. The van der Waals surface area contributed by atoms with Crippen LogP contribution < -0.4 is 5.73 Å². The van der Waals surface area contributed by atoms with E-state index in [1.807, 2.05) is 0 Å². The third-order valence-corrected chi connectivity index (χ3v) is 7.58. The second kappa shape index (κ2) is 28.4. The lowest BCUT2D eigenvalue weighted by Crippen LogP contribution is -2.34. The number of nitrogens with two attached hydrogens (primary N) is 1. The maximum atomic E-state index is 12.4. The Morgan fingerprint density at radius 1 is 0.682 bits per heavy atom. The summed E-state index contributed by atoms with van der Waals surface area (Å²) in [5.41, 5.74) is 5.29. The van der Waals surface area contributed by atoms with Crippen molar-refractivity contribution in [2.45, 2.75) is 142 Å². The minimum absolute atomic E-state index is 0.149. The van der Waals surface area contributed by atoms with Crippen LogP contribution in [0, 0.1) is 0 Å². The Hall–Kier alpha value is -2.04. The molecule has 0 radical (unpaired) electrons. The Bertz CT molecular complexity index is 864. The smallest absolute Gasteiger partial charge is 0.472 e. The van der Waals surface area contributed by atoms with Crippen molar-refractivity contribution in [3.8, 4) is 0 Å².